The van der Waals surface area contributed by atoms with Crippen LogP contribution in [0, 0.1) is 13.8 Å². The van der Waals surface area contributed by atoms with Crippen molar-refractivity contribution < 1.29 is 0 Å². The summed E-state index contributed by atoms with van der Waals surface area (Å²) < 4.78 is 0. The first-order valence-electron chi connectivity index (χ1n) is 4.89. The Labute approximate surface area is 104 Å². The Morgan fingerprint density at radius 3 is 2.56 bits per heavy atom. The second kappa shape index (κ2) is 4.85. The molecule has 0 saturated heterocycles. The zero-order valence-corrected chi connectivity index (χ0v) is 10.6. The molecule has 0 bridgehead atoms. The van der Waals surface area contributed by atoms with E-state index in [4.69, 9.17) is 11.6 Å². The summed E-state index contributed by atoms with van der Waals surface area (Å²) in [6.45, 7) is 4.17. The van der Waals surface area contributed by atoms with E-state index in [2.05, 4.69) is 42.2 Å². The van der Waals surface area contributed by atoms with Crippen molar-refractivity contribution in [3.05, 3.63) is 46.6 Å². The third-order valence-electron chi connectivity index (χ3n) is 2.17. The second-order valence-electron chi connectivity index (χ2n) is 3.57. The van der Waals surface area contributed by atoms with Gasteiger partial charge in [0.1, 0.15) is 5.03 Å². The van der Waals surface area contributed by atoms with E-state index in [9.17, 15) is 0 Å². The second-order valence-corrected chi connectivity index (χ2v) is 5.01. The average Bonchev–Trinajstić information content (AvgIpc) is 2.27. The van der Waals surface area contributed by atoms with Crippen LogP contribution in [0.25, 0.3) is 0 Å². The number of benzene rings is 1. The van der Waals surface area contributed by atoms with Gasteiger partial charge in [0.05, 0.1) is 0 Å². The molecule has 0 atom stereocenters. The quantitative estimate of drug-likeness (QED) is 0.809. The van der Waals surface area contributed by atoms with Crippen LogP contribution in [-0.4, -0.2) is 10.2 Å². The molecule has 0 saturated carbocycles. The van der Waals surface area contributed by atoms with Crippen LogP contribution in [0.15, 0.2) is 40.3 Å². The molecule has 0 unspecified atom stereocenters. The predicted octanol–water partition coefficient (Wildman–Crippen LogP) is 3.90. The van der Waals surface area contributed by atoms with E-state index in [1.54, 1.807) is 17.8 Å². The molecule has 0 N–H and O–H groups in total. The van der Waals surface area contributed by atoms with Gasteiger partial charge in [-0.1, -0.05) is 35.5 Å². The van der Waals surface area contributed by atoms with Crippen LogP contribution < -0.4 is 0 Å². The van der Waals surface area contributed by atoms with E-state index >= 15 is 0 Å². The summed E-state index contributed by atoms with van der Waals surface area (Å²) in [5.41, 5.74) is 2.49. The van der Waals surface area contributed by atoms with Gasteiger partial charge in [-0.25, -0.2) is 0 Å². The van der Waals surface area contributed by atoms with Gasteiger partial charge < -0.3 is 0 Å². The zero-order chi connectivity index (χ0) is 11.5. The normalized spacial score (nSPS) is 10.4. The molecule has 0 spiro atoms. The Kier molecular flexibility index (Phi) is 3.46. The first-order chi connectivity index (χ1) is 7.65. The monoisotopic (exact) mass is 250 g/mol. The number of aromatic nitrogens is 2. The largest absolute Gasteiger partial charge is 0.151 e. The van der Waals surface area contributed by atoms with Crippen molar-refractivity contribution in [2.75, 3.05) is 0 Å². The molecule has 1 aromatic heterocycles. The highest BCUT2D eigenvalue weighted by atomic mass is 35.5. The molecule has 0 aliphatic rings. The SMILES string of the molecule is Cc1ccc(C)c(Sc2ccc(Cl)nn2)c1. The van der Waals surface area contributed by atoms with Crippen molar-refractivity contribution in [3.8, 4) is 0 Å². The van der Waals surface area contributed by atoms with Crippen molar-refractivity contribution in [2.45, 2.75) is 23.8 Å². The fourth-order valence-corrected chi connectivity index (χ4v) is 2.31. The lowest BCUT2D eigenvalue weighted by Gasteiger charge is -2.05. The van der Waals surface area contributed by atoms with Crippen LogP contribution in [0.4, 0.5) is 0 Å². The van der Waals surface area contributed by atoms with Gasteiger partial charge in [-0.2, -0.15) is 0 Å². The maximum Gasteiger partial charge on any atom is 0.151 e. The van der Waals surface area contributed by atoms with Crippen LogP contribution in [0.3, 0.4) is 0 Å². The molecule has 1 heterocycles. The molecule has 0 radical (unpaired) electrons. The number of aryl methyl sites for hydroxylation is 2. The summed E-state index contributed by atoms with van der Waals surface area (Å²) in [6.07, 6.45) is 0. The van der Waals surface area contributed by atoms with E-state index in [1.807, 2.05) is 6.07 Å². The summed E-state index contributed by atoms with van der Waals surface area (Å²) >= 11 is 7.29. The van der Waals surface area contributed by atoms with Crippen molar-refractivity contribution in [1.29, 1.82) is 0 Å². The lowest BCUT2D eigenvalue weighted by Crippen LogP contribution is -1.86. The van der Waals surface area contributed by atoms with Crippen molar-refractivity contribution in [1.82, 2.24) is 10.2 Å². The summed E-state index contributed by atoms with van der Waals surface area (Å²) in [6, 6.07) is 9.99. The van der Waals surface area contributed by atoms with Crippen molar-refractivity contribution in [3.63, 3.8) is 0 Å². The summed E-state index contributed by atoms with van der Waals surface area (Å²) in [4.78, 5) is 1.21. The van der Waals surface area contributed by atoms with Gasteiger partial charge in [0, 0.05) is 4.90 Å². The summed E-state index contributed by atoms with van der Waals surface area (Å²) in [5.74, 6) is 0. The van der Waals surface area contributed by atoms with Crippen LogP contribution in [0.1, 0.15) is 11.1 Å². The minimum absolute atomic E-state index is 0.422. The lowest BCUT2D eigenvalue weighted by molar-refractivity contribution is 0.929. The van der Waals surface area contributed by atoms with E-state index in [-0.39, 0.29) is 0 Å². The smallest absolute Gasteiger partial charge is 0.142 e. The number of hydrogen-bond acceptors (Lipinski definition) is 3. The van der Waals surface area contributed by atoms with Gasteiger partial charge in [0.15, 0.2) is 5.15 Å². The molecule has 2 aromatic rings. The molecule has 0 aliphatic heterocycles. The number of hydrogen-bond donors (Lipinski definition) is 0. The Morgan fingerprint density at radius 2 is 1.88 bits per heavy atom. The zero-order valence-electron chi connectivity index (χ0n) is 9.07. The Bertz CT molecular complexity index is 497. The Hall–Kier alpha value is -1.06. The molecular formula is C12H11ClN2S. The third-order valence-corrected chi connectivity index (χ3v) is 3.45. The Balaban J connectivity index is 2.26. The molecular weight excluding hydrogens is 240 g/mol. The first-order valence-corrected chi connectivity index (χ1v) is 6.09. The molecule has 2 nitrogen and oxygen atoms in total. The number of rotatable bonds is 2. The average molecular weight is 251 g/mol. The maximum absolute atomic E-state index is 5.69. The molecule has 16 heavy (non-hydrogen) atoms. The van der Waals surface area contributed by atoms with Crippen molar-refractivity contribution >= 4 is 23.4 Å². The van der Waals surface area contributed by atoms with Crippen LogP contribution in [0.5, 0.6) is 0 Å². The molecule has 0 fully saturated rings. The topological polar surface area (TPSA) is 25.8 Å². The van der Waals surface area contributed by atoms with Gasteiger partial charge in [-0.05, 0) is 43.2 Å². The highest BCUT2D eigenvalue weighted by Gasteiger charge is 2.03. The van der Waals surface area contributed by atoms with Crippen molar-refractivity contribution in [2.24, 2.45) is 0 Å². The highest BCUT2D eigenvalue weighted by Crippen LogP contribution is 2.29. The highest BCUT2D eigenvalue weighted by molar-refractivity contribution is 7.99. The third kappa shape index (κ3) is 2.74. The standard InChI is InChI=1S/C12H11ClN2S/c1-8-3-4-9(2)10(7-8)16-12-6-5-11(13)14-15-12/h3-7H,1-2H3. The van der Waals surface area contributed by atoms with E-state index in [1.165, 1.54) is 16.0 Å². The first kappa shape index (κ1) is 11.4. The van der Waals surface area contributed by atoms with E-state index in [0.717, 1.165) is 5.03 Å². The molecule has 82 valence electrons. The van der Waals surface area contributed by atoms with Gasteiger partial charge in [0.2, 0.25) is 0 Å². The minimum Gasteiger partial charge on any atom is -0.142 e. The molecule has 0 aliphatic carbocycles. The van der Waals surface area contributed by atoms with Crippen LogP contribution >= 0.6 is 23.4 Å². The fraction of sp³-hybridized carbons (Fsp3) is 0.167. The Morgan fingerprint density at radius 1 is 1.06 bits per heavy atom. The van der Waals surface area contributed by atoms with Gasteiger partial charge in [0.25, 0.3) is 0 Å². The van der Waals surface area contributed by atoms with Gasteiger partial charge >= 0.3 is 0 Å². The van der Waals surface area contributed by atoms with Gasteiger partial charge in [-0.15, -0.1) is 10.2 Å². The van der Waals surface area contributed by atoms with Crippen LogP contribution in [-0.2, 0) is 0 Å². The van der Waals surface area contributed by atoms with Gasteiger partial charge in [-0.3, -0.25) is 0 Å². The lowest BCUT2D eigenvalue weighted by atomic mass is 10.2. The summed E-state index contributed by atoms with van der Waals surface area (Å²) in [7, 11) is 0. The number of nitrogens with zero attached hydrogens (tertiary/aromatic N) is 2. The van der Waals surface area contributed by atoms with E-state index in [0.29, 0.717) is 5.15 Å². The molecule has 2 rings (SSSR count). The maximum atomic E-state index is 5.69. The fourth-order valence-electron chi connectivity index (χ4n) is 1.29. The molecule has 1 aromatic carbocycles. The summed E-state index contributed by atoms with van der Waals surface area (Å²) in [5, 5.41) is 9.13. The number of halogens is 1. The molecule has 4 heteroatoms. The van der Waals surface area contributed by atoms with Crippen LogP contribution in [0.2, 0.25) is 5.15 Å². The van der Waals surface area contributed by atoms with E-state index < -0.39 is 0 Å². The minimum atomic E-state index is 0.422. The predicted molar refractivity (Wildman–Crippen MR) is 67.1 cm³/mol. The molecule has 0 amide bonds.